The Labute approximate surface area is 72.3 Å². The molecule has 0 atom stereocenters. The SMILES string of the molecule is Oc1cccc(O)c1.[H-].[H-].[Mg+2]. The molecule has 0 radical (unpaired) electrons. The van der Waals surface area contributed by atoms with Crippen molar-refractivity contribution in [3.05, 3.63) is 24.3 Å². The number of phenols is 2. The van der Waals surface area contributed by atoms with Crippen molar-refractivity contribution in [2.75, 3.05) is 0 Å². The number of aromatic hydroxyl groups is 2. The molecule has 9 heavy (non-hydrogen) atoms. The standard InChI is InChI=1S/C6H6O2.Mg.2H/c7-5-2-1-3-6(8)4-5;;;/h1-4,7-8H;;;/q;+2;2*-1. The van der Waals surface area contributed by atoms with E-state index < -0.39 is 0 Å². The monoisotopic (exact) mass is 136 g/mol. The molecule has 0 amide bonds. The fourth-order valence-corrected chi connectivity index (χ4v) is 0.493. The van der Waals surface area contributed by atoms with Gasteiger partial charge in [-0.3, -0.25) is 0 Å². The van der Waals surface area contributed by atoms with Crippen LogP contribution < -0.4 is 0 Å². The van der Waals surface area contributed by atoms with Gasteiger partial charge < -0.3 is 13.1 Å². The zero-order chi connectivity index (χ0) is 5.98. The zero-order valence-corrected chi connectivity index (χ0v) is 6.33. The number of hydrogen-bond donors (Lipinski definition) is 2. The summed E-state index contributed by atoms with van der Waals surface area (Å²) in [6.07, 6.45) is 0. The molecule has 0 aliphatic rings. The largest absolute Gasteiger partial charge is 2.00 e. The van der Waals surface area contributed by atoms with Crippen LogP contribution in [0.25, 0.3) is 0 Å². The molecule has 2 nitrogen and oxygen atoms in total. The van der Waals surface area contributed by atoms with Gasteiger partial charge in [-0.2, -0.15) is 0 Å². The summed E-state index contributed by atoms with van der Waals surface area (Å²) in [6, 6.07) is 5.85. The molecule has 0 aliphatic carbocycles. The van der Waals surface area contributed by atoms with Crippen molar-refractivity contribution in [2.24, 2.45) is 0 Å². The van der Waals surface area contributed by atoms with Gasteiger partial charge in [0.2, 0.25) is 0 Å². The van der Waals surface area contributed by atoms with Crippen LogP contribution in [0.5, 0.6) is 11.5 Å². The average Bonchev–Trinajstić information content (AvgIpc) is 1.64. The van der Waals surface area contributed by atoms with Gasteiger partial charge in [0.05, 0.1) is 0 Å². The molecule has 0 heterocycles. The third-order valence-corrected chi connectivity index (χ3v) is 0.830. The minimum Gasteiger partial charge on any atom is -1.00 e. The van der Waals surface area contributed by atoms with E-state index in [0.717, 1.165) is 0 Å². The molecule has 1 aromatic carbocycles. The van der Waals surface area contributed by atoms with E-state index in [-0.39, 0.29) is 37.4 Å². The number of rotatable bonds is 0. The molecule has 0 fully saturated rings. The Balaban J connectivity index is -0.000000213. The molecule has 46 valence electrons. The van der Waals surface area contributed by atoms with E-state index in [4.69, 9.17) is 10.2 Å². The molecule has 2 N–H and O–H groups in total. The van der Waals surface area contributed by atoms with E-state index in [1.165, 1.54) is 18.2 Å². The number of benzene rings is 1. The van der Waals surface area contributed by atoms with Gasteiger partial charge in [0.15, 0.2) is 0 Å². The zero-order valence-electron chi connectivity index (χ0n) is 6.91. The predicted octanol–water partition coefficient (Wildman–Crippen LogP) is 0.942. The van der Waals surface area contributed by atoms with Crippen LogP contribution in [0.2, 0.25) is 0 Å². The first-order valence-corrected chi connectivity index (χ1v) is 2.27. The topological polar surface area (TPSA) is 40.5 Å². The van der Waals surface area contributed by atoms with Crippen molar-refractivity contribution in [2.45, 2.75) is 0 Å². The number of phenolic OH excluding ortho intramolecular Hbond substituents is 2. The van der Waals surface area contributed by atoms with Crippen LogP contribution in [0.1, 0.15) is 2.85 Å². The second-order valence-corrected chi connectivity index (χ2v) is 1.52. The van der Waals surface area contributed by atoms with Crippen LogP contribution in [0.15, 0.2) is 24.3 Å². The first-order chi connectivity index (χ1) is 3.79. The first kappa shape index (κ1) is 8.59. The summed E-state index contributed by atoms with van der Waals surface area (Å²) < 4.78 is 0. The minimum absolute atomic E-state index is 0. The van der Waals surface area contributed by atoms with Crippen molar-refractivity contribution in [3.63, 3.8) is 0 Å². The molecular weight excluding hydrogens is 128 g/mol. The smallest absolute Gasteiger partial charge is 1.00 e. The van der Waals surface area contributed by atoms with Crippen LogP contribution >= 0.6 is 0 Å². The van der Waals surface area contributed by atoms with E-state index in [9.17, 15) is 0 Å². The van der Waals surface area contributed by atoms with Crippen molar-refractivity contribution < 1.29 is 13.1 Å². The van der Waals surface area contributed by atoms with Crippen LogP contribution in [0.4, 0.5) is 0 Å². The molecule has 0 spiro atoms. The molecule has 3 heteroatoms. The van der Waals surface area contributed by atoms with Crippen molar-refractivity contribution in [1.29, 1.82) is 0 Å². The van der Waals surface area contributed by atoms with Gasteiger partial charge in [0.25, 0.3) is 0 Å². The van der Waals surface area contributed by atoms with Crippen LogP contribution in [0, 0.1) is 0 Å². The summed E-state index contributed by atoms with van der Waals surface area (Å²) in [7, 11) is 0. The first-order valence-electron chi connectivity index (χ1n) is 2.27. The van der Waals surface area contributed by atoms with Crippen molar-refractivity contribution >= 4 is 23.1 Å². The Morgan fingerprint density at radius 3 is 1.78 bits per heavy atom. The van der Waals surface area contributed by atoms with Gasteiger partial charge in [-0.05, 0) is 12.1 Å². The van der Waals surface area contributed by atoms with Crippen molar-refractivity contribution in [3.8, 4) is 11.5 Å². The van der Waals surface area contributed by atoms with E-state index in [0.29, 0.717) is 0 Å². The summed E-state index contributed by atoms with van der Waals surface area (Å²) in [4.78, 5) is 0. The van der Waals surface area contributed by atoms with Gasteiger partial charge in [-0.1, -0.05) is 6.07 Å². The van der Waals surface area contributed by atoms with Gasteiger partial charge in [0.1, 0.15) is 11.5 Å². The molecule has 0 aromatic heterocycles. The summed E-state index contributed by atoms with van der Waals surface area (Å²) in [5, 5.41) is 17.3. The Morgan fingerprint density at radius 1 is 1.11 bits per heavy atom. The summed E-state index contributed by atoms with van der Waals surface area (Å²) in [5.74, 6) is 0.176. The van der Waals surface area contributed by atoms with E-state index >= 15 is 0 Å². The summed E-state index contributed by atoms with van der Waals surface area (Å²) in [5.41, 5.74) is 0. The maximum Gasteiger partial charge on any atom is 2.00 e. The molecule has 0 saturated carbocycles. The Kier molecular flexibility index (Phi) is 3.42. The maximum atomic E-state index is 8.65. The molecular formula is C6H8MgO2. The Hall–Kier alpha value is -0.414. The van der Waals surface area contributed by atoms with Gasteiger partial charge in [-0.15, -0.1) is 0 Å². The van der Waals surface area contributed by atoms with E-state index in [1.54, 1.807) is 6.07 Å². The van der Waals surface area contributed by atoms with Crippen LogP contribution in [-0.2, 0) is 0 Å². The molecule has 0 saturated heterocycles. The fraction of sp³-hybridized carbons (Fsp3) is 0. The second-order valence-electron chi connectivity index (χ2n) is 1.52. The van der Waals surface area contributed by atoms with E-state index in [1.807, 2.05) is 0 Å². The molecule has 1 rings (SSSR count). The minimum atomic E-state index is 0. The fourth-order valence-electron chi connectivity index (χ4n) is 0.493. The summed E-state index contributed by atoms with van der Waals surface area (Å²) >= 11 is 0. The maximum absolute atomic E-state index is 8.65. The van der Waals surface area contributed by atoms with Crippen LogP contribution in [0.3, 0.4) is 0 Å². The predicted molar refractivity (Wildman–Crippen MR) is 37.7 cm³/mol. The molecule has 1 aromatic rings. The van der Waals surface area contributed by atoms with Gasteiger partial charge in [-0.25, -0.2) is 0 Å². The van der Waals surface area contributed by atoms with Gasteiger partial charge in [0, 0.05) is 6.07 Å². The third-order valence-electron chi connectivity index (χ3n) is 0.830. The van der Waals surface area contributed by atoms with Gasteiger partial charge >= 0.3 is 23.1 Å². The normalized spacial score (nSPS) is 8.00. The third kappa shape index (κ3) is 2.58. The molecule has 0 unspecified atom stereocenters. The number of hydrogen-bond acceptors (Lipinski definition) is 2. The molecule has 0 aliphatic heterocycles. The quantitative estimate of drug-likeness (QED) is 0.521. The Bertz CT molecular complexity index is 178. The second kappa shape index (κ2) is 3.58. The summed E-state index contributed by atoms with van der Waals surface area (Å²) in [6.45, 7) is 0. The molecule has 0 bridgehead atoms. The van der Waals surface area contributed by atoms with Crippen LogP contribution in [-0.4, -0.2) is 33.3 Å². The average molecular weight is 136 g/mol. The Morgan fingerprint density at radius 2 is 1.56 bits per heavy atom. The van der Waals surface area contributed by atoms with Crippen molar-refractivity contribution in [1.82, 2.24) is 0 Å². The van der Waals surface area contributed by atoms with E-state index in [2.05, 4.69) is 0 Å².